The van der Waals surface area contributed by atoms with Crippen LogP contribution in [0.5, 0.6) is 5.75 Å². The zero-order chi connectivity index (χ0) is 14.1. The number of nitrogens with zero attached hydrogens (tertiary/aromatic N) is 2. The minimum atomic E-state index is -0.859. The van der Waals surface area contributed by atoms with Crippen LogP contribution < -0.4 is 4.74 Å². The largest absolute Gasteiger partial charge is 0.497 e. The Morgan fingerprint density at radius 1 is 1.45 bits per heavy atom. The summed E-state index contributed by atoms with van der Waals surface area (Å²) >= 11 is 0. The van der Waals surface area contributed by atoms with Crippen molar-refractivity contribution in [2.75, 3.05) is 7.11 Å². The zero-order valence-corrected chi connectivity index (χ0v) is 11.2. The summed E-state index contributed by atoms with van der Waals surface area (Å²) in [5.74, 6) is 0.401. The van der Waals surface area contributed by atoms with Crippen molar-refractivity contribution < 1.29 is 14.6 Å². The van der Waals surface area contributed by atoms with Crippen molar-refractivity contribution in [2.45, 2.75) is 25.2 Å². The lowest BCUT2D eigenvalue weighted by atomic mass is 10.2. The molecule has 0 spiro atoms. The lowest BCUT2D eigenvalue weighted by Gasteiger charge is -2.08. The fourth-order valence-corrected chi connectivity index (χ4v) is 2.31. The Morgan fingerprint density at radius 3 is 2.90 bits per heavy atom. The van der Waals surface area contributed by atoms with Crippen molar-refractivity contribution in [1.29, 1.82) is 0 Å². The number of methoxy groups -OCH3 is 1. The molecule has 1 saturated carbocycles. The monoisotopic (exact) mass is 272 g/mol. The maximum absolute atomic E-state index is 10.8. The molecule has 0 amide bonds. The van der Waals surface area contributed by atoms with Gasteiger partial charge in [0.2, 0.25) is 0 Å². The number of rotatable bonds is 5. The highest BCUT2D eigenvalue weighted by molar-refractivity contribution is 5.69. The first-order chi connectivity index (χ1) is 9.67. The summed E-state index contributed by atoms with van der Waals surface area (Å²) in [6.07, 6.45) is 2.24. The van der Waals surface area contributed by atoms with Gasteiger partial charge in [0, 0.05) is 17.7 Å². The van der Waals surface area contributed by atoms with Gasteiger partial charge in [-0.1, -0.05) is 6.07 Å². The number of aromatic nitrogens is 2. The van der Waals surface area contributed by atoms with Crippen LogP contribution in [-0.2, 0) is 11.2 Å². The van der Waals surface area contributed by atoms with Gasteiger partial charge in [0.25, 0.3) is 0 Å². The van der Waals surface area contributed by atoms with Gasteiger partial charge in [-0.15, -0.1) is 0 Å². The molecule has 0 aliphatic heterocycles. The molecule has 2 aromatic rings. The third-order valence-electron chi connectivity index (χ3n) is 3.41. The average molecular weight is 272 g/mol. The van der Waals surface area contributed by atoms with Crippen molar-refractivity contribution in [2.24, 2.45) is 0 Å². The van der Waals surface area contributed by atoms with E-state index in [0.717, 1.165) is 30.0 Å². The Labute approximate surface area is 116 Å². The number of carbonyl (C=O) groups is 1. The van der Waals surface area contributed by atoms with E-state index < -0.39 is 5.97 Å². The van der Waals surface area contributed by atoms with Crippen LogP contribution in [0, 0.1) is 0 Å². The Morgan fingerprint density at radius 2 is 2.25 bits per heavy atom. The number of hydrogen-bond donors (Lipinski definition) is 1. The van der Waals surface area contributed by atoms with Crippen molar-refractivity contribution in [3.63, 3.8) is 0 Å². The molecule has 1 aromatic carbocycles. The van der Waals surface area contributed by atoms with E-state index in [1.807, 2.05) is 35.0 Å². The highest BCUT2D eigenvalue weighted by Crippen LogP contribution is 2.41. The molecule has 1 aliphatic carbocycles. The molecule has 1 heterocycles. The van der Waals surface area contributed by atoms with E-state index in [1.54, 1.807) is 7.11 Å². The minimum Gasteiger partial charge on any atom is -0.497 e. The number of aliphatic carboxylic acids is 1. The van der Waals surface area contributed by atoms with Gasteiger partial charge in [0.05, 0.1) is 24.9 Å². The van der Waals surface area contributed by atoms with Crippen LogP contribution >= 0.6 is 0 Å². The summed E-state index contributed by atoms with van der Waals surface area (Å²) in [5.41, 5.74) is 2.60. The molecule has 5 heteroatoms. The molecule has 0 unspecified atom stereocenters. The molecule has 1 N–H and O–H groups in total. The van der Waals surface area contributed by atoms with Crippen LogP contribution in [0.2, 0.25) is 0 Å². The maximum Gasteiger partial charge on any atom is 0.309 e. The van der Waals surface area contributed by atoms with E-state index in [-0.39, 0.29) is 6.42 Å². The SMILES string of the molecule is COc1cccc(-n2nc(CC(=O)O)cc2C2CC2)c1. The summed E-state index contributed by atoms with van der Waals surface area (Å²) in [4.78, 5) is 10.8. The van der Waals surface area contributed by atoms with E-state index in [2.05, 4.69) is 5.10 Å². The quantitative estimate of drug-likeness (QED) is 0.907. The molecule has 0 bridgehead atoms. The van der Waals surface area contributed by atoms with E-state index >= 15 is 0 Å². The summed E-state index contributed by atoms with van der Waals surface area (Å²) in [7, 11) is 1.62. The molecule has 3 rings (SSSR count). The van der Waals surface area contributed by atoms with Gasteiger partial charge in [0.1, 0.15) is 5.75 Å². The lowest BCUT2D eigenvalue weighted by Crippen LogP contribution is -2.04. The first kappa shape index (κ1) is 12.7. The standard InChI is InChI=1S/C15H16N2O3/c1-20-13-4-2-3-12(9-13)17-14(10-5-6-10)7-11(16-17)8-15(18)19/h2-4,7,9-10H,5-6,8H2,1H3,(H,18,19). The molecule has 0 atom stereocenters. The Balaban J connectivity index is 2.01. The van der Waals surface area contributed by atoms with Crippen LogP contribution in [0.25, 0.3) is 5.69 Å². The second-order valence-corrected chi connectivity index (χ2v) is 5.02. The fraction of sp³-hybridized carbons (Fsp3) is 0.333. The molecular formula is C15H16N2O3. The molecule has 0 radical (unpaired) electrons. The Kier molecular flexibility index (Phi) is 3.18. The number of ether oxygens (including phenoxy) is 1. The predicted molar refractivity (Wildman–Crippen MR) is 73.4 cm³/mol. The number of carboxylic acids is 1. The normalized spacial score (nSPS) is 14.2. The van der Waals surface area contributed by atoms with Crippen LogP contribution in [0.3, 0.4) is 0 Å². The van der Waals surface area contributed by atoms with Gasteiger partial charge >= 0.3 is 5.97 Å². The number of carboxylic acid groups (broad SMARTS) is 1. The summed E-state index contributed by atoms with van der Waals surface area (Å²) in [6, 6.07) is 9.55. The predicted octanol–water partition coefficient (Wildman–Crippen LogP) is 2.39. The lowest BCUT2D eigenvalue weighted by molar-refractivity contribution is -0.136. The summed E-state index contributed by atoms with van der Waals surface area (Å²) in [5, 5.41) is 13.3. The number of benzene rings is 1. The van der Waals surface area contributed by atoms with Gasteiger partial charge in [-0.3, -0.25) is 4.79 Å². The second-order valence-electron chi connectivity index (χ2n) is 5.02. The summed E-state index contributed by atoms with van der Waals surface area (Å²) < 4.78 is 7.07. The van der Waals surface area contributed by atoms with Crippen LogP contribution in [0.1, 0.15) is 30.1 Å². The van der Waals surface area contributed by atoms with E-state index in [1.165, 1.54) is 0 Å². The number of hydrogen-bond acceptors (Lipinski definition) is 3. The topological polar surface area (TPSA) is 64.4 Å². The van der Waals surface area contributed by atoms with Crippen molar-refractivity contribution >= 4 is 5.97 Å². The van der Waals surface area contributed by atoms with Gasteiger partial charge in [-0.25, -0.2) is 4.68 Å². The molecule has 1 aliphatic rings. The maximum atomic E-state index is 10.8. The van der Waals surface area contributed by atoms with Crippen molar-refractivity contribution in [3.8, 4) is 11.4 Å². The molecule has 104 valence electrons. The smallest absolute Gasteiger partial charge is 0.309 e. The zero-order valence-electron chi connectivity index (χ0n) is 11.2. The average Bonchev–Trinajstić information content (AvgIpc) is 3.20. The molecule has 0 saturated heterocycles. The summed E-state index contributed by atoms with van der Waals surface area (Å²) in [6.45, 7) is 0. The minimum absolute atomic E-state index is 0.0450. The molecule has 1 aromatic heterocycles. The third kappa shape index (κ3) is 2.52. The van der Waals surface area contributed by atoms with Gasteiger partial charge in [-0.05, 0) is 31.0 Å². The highest BCUT2D eigenvalue weighted by Gasteiger charge is 2.29. The van der Waals surface area contributed by atoms with Gasteiger partial charge < -0.3 is 9.84 Å². The highest BCUT2D eigenvalue weighted by atomic mass is 16.5. The van der Waals surface area contributed by atoms with Crippen molar-refractivity contribution in [1.82, 2.24) is 9.78 Å². The van der Waals surface area contributed by atoms with E-state index in [9.17, 15) is 4.79 Å². The molecule has 5 nitrogen and oxygen atoms in total. The van der Waals surface area contributed by atoms with Crippen molar-refractivity contribution in [3.05, 3.63) is 41.7 Å². The Bertz CT molecular complexity index is 644. The van der Waals surface area contributed by atoms with Crippen LogP contribution in [-0.4, -0.2) is 28.0 Å². The first-order valence-electron chi connectivity index (χ1n) is 6.62. The van der Waals surface area contributed by atoms with Crippen LogP contribution in [0.15, 0.2) is 30.3 Å². The molecular weight excluding hydrogens is 256 g/mol. The van der Waals surface area contributed by atoms with E-state index in [0.29, 0.717) is 11.6 Å². The van der Waals surface area contributed by atoms with E-state index in [4.69, 9.17) is 9.84 Å². The fourth-order valence-electron chi connectivity index (χ4n) is 2.31. The van der Waals surface area contributed by atoms with Gasteiger partial charge in [0.15, 0.2) is 0 Å². The second kappa shape index (κ2) is 5.00. The third-order valence-corrected chi connectivity index (χ3v) is 3.41. The van der Waals surface area contributed by atoms with Crippen LogP contribution in [0.4, 0.5) is 0 Å². The first-order valence-corrected chi connectivity index (χ1v) is 6.62. The molecule has 1 fully saturated rings. The molecule has 20 heavy (non-hydrogen) atoms. The van der Waals surface area contributed by atoms with Gasteiger partial charge in [-0.2, -0.15) is 5.10 Å². The Hall–Kier alpha value is -2.30.